The van der Waals surface area contributed by atoms with Gasteiger partial charge in [0.05, 0.1) is 23.5 Å². The van der Waals surface area contributed by atoms with Gasteiger partial charge in [0, 0.05) is 25.5 Å². The minimum absolute atomic E-state index is 0.0406. The van der Waals surface area contributed by atoms with E-state index in [1.54, 1.807) is 78.9 Å². The summed E-state index contributed by atoms with van der Waals surface area (Å²) >= 11 is 0. The van der Waals surface area contributed by atoms with Gasteiger partial charge in [0.2, 0.25) is 0 Å². The maximum Gasteiger partial charge on any atom is 0.275 e. The molecule has 6 bridgehead atoms. The summed E-state index contributed by atoms with van der Waals surface area (Å²) in [4.78, 5) is 54.3. The summed E-state index contributed by atoms with van der Waals surface area (Å²) in [5.74, 6) is -1.25. The molecule has 0 saturated carbocycles. The van der Waals surface area contributed by atoms with E-state index in [1.807, 2.05) is 0 Å². The summed E-state index contributed by atoms with van der Waals surface area (Å²) in [6, 6.07) is 24.2. The fraction of sp³-hybridized carbons (Fsp3) is 0.194. The fourth-order valence-corrected chi connectivity index (χ4v) is 5.96. The van der Waals surface area contributed by atoms with Crippen LogP contribution in [0.3, 0.4) is 0 Å². The molecule has 3 aliphatic rings. The van der Waals surface area contributed by atoms with Crippen LogP contribution < -0.4 is 25.7 Å². The third kappa shape index (κ3) is 6.07. The molecular weight excluding hydrogens is 617 g/mol. The van der Waals surface area contributed by atoms with Gasteiger partial charge in [-0.15, -0.1) is 0 Å². The number of benzene rings is 4. The highest BCUT2D eigenvalue weighted by Gasteiger charge is 2.39. The van der Waals surface area contributed by atoms with Crippen molar-refractivity contribution >= 4 is 28.5 Å². The number of fused-ring (bicyclic) bond motifs is 8. The van der Waals surface area contributed by atoms with Crippen LogP contribution >= 0.6 is 0 Å². The number of hydrogen-bond acceptors (Lipinski definition) is 7. The summed E-state index contributed by atoms with van der Waals surface area (Å²) < 4.78 is 28.3. The second-order valence-corrected chi connectivity index (χ2v) is 11.7. The van der Waals surface area contributed by atoms with Crippen molar-refractivity contribution in [3.63, 3.8) is 0 Å². The zero-order valence-corrected chi connectivity index (χ0v) is 25.8. The normalized spacial score (nSPS) is 17.9. The average Bonchev–Trinajstić information content (AvgIpc) is 3.49. The fourth-order valence-electron chi connectivity index (χ4n) is 5.96. The van der Waals surface area contributed by atoms with Crippen LogP contribution in [0.1, 0.15) is 26.4 Å². The van der Waals surface area contributed by atoms with Crippen LogP contribution in [-0.4, -0.2) is 64.2 Å². The molecule has 48 heavy (non-hydrogen) atoms. The zero-order valence-electron chi connectivity index (χ0n) is 25.8. The lowest BCUT2D eigenvalue weighted by molar-refractivity contribution is -0.123. The van der Waals surface area contributed by atoms with Crippen LogP contribution in [0.2, 0.25) is 0 Å². The number of carbonyl (C=O) groups excluding carboxylic acids is 3. The Morgan fingerprint density at radius 1 is 0.875 bits per heavy atom. The van der Waals surface area contributed by atoms with E-state index in [-0.39, 0.29) is 49.0 Å². The van der Waals surface area contributed by atoms with Crippen molar-refractivity contribution in [2.45, 2.75) is 18.7 Å². The Balaban J connectivity index is 1.24. The molecule has 8 rings (SSSR count). The highest BCUT2D eigenvalue weighted by atomic mass is 19.1. The molecule has 5 aromatic rings. The van der Waals surface area contributed by atoms with Gasteiger partial charge in [-0.25, -0.2) is 9.07 Å². The monoisotopic (exact) mass is 647 g/mol. The smallest absolute Gasteiger partial charge is 0.275 e. The first-order chi connectivity index (χ1) is 23.2. The maximum atomic E-state index is 15.2. The number of amides is 3. The van der Waals surface area contributed by atoms with E-state index >= 15 is 4.39 Å². The first-order valence-electron chi connectivity index (χ1n) is 15.3. The van der Waals surface area contributed by atoms with Gasteiger partial charge in [-0.3, -0.25) is 19.2 Å². The molecule has 1 fully saturated rings. The van der Waals surface area contributed by atoms with Crippen LogP contribution in [0.25, 0.3) is 21.9 Å². The van der Waals surface area contributed by atoms with E-state index < -0.39 is 29.8 Å². The van der Waals surface area contributed by atoms with Crippen molar-refractivity contribution in [3.8, 4) is 22.6 Å². The van der Waals surface area contributed by atoms with Crippen molar-refractivity contribution in [3.05, 3.63) is 124 Å². The minimum atomic E-state index is -0.732. The number of halogens is 1. The summed E-state index contributed by atoms with van der Waals surface area (Å²) in [6.45, 7) is 0.186. The van der Waals surface area contributed by atoms with E-state index in [4.69, 9.17) is 9.47 Å². The molecule has 0 unspecified atom stereocenters. The van der Waals surface area contributed by atoms with Gasteiger partial charge < -0.3 is 25.0 Å². The number of ether oxygens (including phenoxy) is 2. The molecule has 11 nitrogen and oxygen atoms in total. The molecule has 0 aliphatic carbocycles. The number of rotatable bonds is 1. The van der Waals surface area contributed by atoms with E-state index in [0.717, 1.165) is 10.2 Å². The molecular formula is C36H30FN5O6. The summed E-state index contributed by atoms with van der Waals surface area (Å²) in [7, 11) is 1.48. The molecule has 3 aliphatic heterocycles. The highest BCUT2D eigenvalue weighted by molar-refractivity contribution is 6.05. The summed E-state index contributed by atoms with van der Waals surface area (Å²) in [5.41, 5.74) is 1.61. The standard InChI is InChI=1S/C36H30FN5O6/c1-41-35(45)27-8-3-2-7-26(27)33(40-41)36(46)42-18-30-31(19-42)48-24-12-9-21(10-13-24)17-38-32(43)20-47-25-6-4-5-22(15-25)23-11-14-29(37)28(16-23)34(44)39-30/h2-16,30-31H,17-20H2,1H3,(H,38,43)(H,39,44)/t30-,31-/m0/s1. The molecule has 12 heteroatoms. The van der Waals surface area contributed by atoms with Crippen LogP contribution in [0.4, 0.5) is 4.39 Å². The molecule has 242 valence electrons. The van der Waals surface area contributed by atoms with Crippen LogP contribution in [0.5, 0.6) is 11.5 Å². The van der Waals surface area contributed by atoms with Crippen LogP contribution in [-0.2, 0) is 18.4 Å². The van der Waals surface area contributed by atoms with Gasteiger partial charge in [0.25, 0.3) is 23.3 Å². The van der Waals surface area contributed by atoms with Gasteiger partial charge in [-0.2, -0.15) is 5.10 Å². The van der Waals surface area contributed by atoms with Crippen molar-refractivity contribution in [1.29, 1.82) is 0 Å². The van der Waals surface area contributed by atoms with Gasteiger partial charge >= 0.3 is 0 Å². The van der Waals surface area contributed by atoms with Crippen LogP contribution in [0.15, 0.2) is 95.8 Å². The second-order valence-electron chi connectivity index (χ2n) is 11.7. The Hall–Kier alpha value is -6.04. The third-order valence-corrected chi connectivity index (χ3v) is 8.48. The van der Waals surface area contributed by atoms with Crippen molar-refractivity contribution in [1.82, 2.24) is 25.3 Å². The number of nitrogens with zero attached hydrogens (tertiary/aromatic N) is 3. The molecule has 4 aromatic carbocycles. The van der Waals surface area contributed by atoms with Crippen molar-refractivity contribution < 1.29 is 28.2 Å². The number of carbonyl (C=O) groups is 3. The average molecular weight is 648 g/mol. The maximum absolute atomic E-state index is 15.2. The Kier molecular flexibility index (Phi) is 8.05. The summed E-state index contributed by atoms with van der Waals surface area (Å²) in [6.07, 6.45) is -0.715. The predicted molar refractivity (Wildman–Crippen MR) is 174 cm³/mol. The SMILES string of the molecule is Cn1nc(C(=O)N2C[C@@H]3NC(=O)c4cc(ccc4F)-c4cccc(c4)OCC(=O)NCc4ccc(cc4)O[C@H]3C2)c2ccccc2c1=O. The molecule has 0 radical (unpaired) electrons. The number of nitrogens with one attached hydrogen (secondary N) is 2. The lowest BCUT2D eigenvalue weighted by Gasteiger charge is -2.21. The van der Waals surface area contributed by atoms with E-state index in [2.05, 4.69) is 15.7 Å². The lowest BCUT2D eigenvalue weighted by atomic mass is 10.0. The highest BCUT2D eigenvalue weighted by Crippen LogP contribution is 2.27. The van der Waals surface area contributed by atoms with Gasteiger partial charge in [0.15, 0.2) is 12.3 Å². The minimum Gasteiger partial charge on any atom is -0.486 e. The van der Waals surface area contributed by atoms with Crippen LogP contribution in [0, 0.1) is 5.82 Å². The number of aromatic nitrogens is 2. The van der Waals surface area contributed by atoms with E-state index in [1.165, 1.54) is 24.1 Å². The number of likely N-dealkylation sites (tertiary alicyclic amines) is 1. The van der Waals surface area contributed by atoms with E-state index in [9.17, 15) is 19.2 Å². The Morgan fingerprint density at radius 3 is 2.46 bits per heavy atom. The second kappa shape index (κ2) is 12.6. The lowest BCUT2D eigenvalue weighted by Crippen LogP contribution is -2.45. The van der Waals surface area contributed by atoms with Gasteiger partial charge in [0.1, 0.15) is 23.4 Å². The van der Waals surface area contributed by atoms with E-state index in [0.29, 0.717) is 33.4 Å². The van der Waals surface area contributed by atoms with Crippen molar-refractivity contribution in [2.24, 2.45) is 7.05 Å². The van der Waals surface area contributed by atoms with Crippen molar-refractivity contribution in [2.75, 3.05) is 19.7 Å². The molecule has 0 spiro atoms. The third-order valence-electron chi connectivity index (χ3n) is 8.48. The van der Waals surface area contributed by atoms with Gasteiger partial charge in [-0.05, 0) is 59.2 Å². The topological polar surface area (TPSA) is 132 Å². The number of aryl methyl sites for hydroxylation is 1. The summed E-state index contributed by atoms with van der Waals surface area (Å²) in [5, 5.41) is 10.8. The molecule has 1 aromatic heterocycles. The molecule has 4 heterocycles. The quantitative estimate of drug-likeness (QED) is 0.285. The largest absolute Gasteiger partial charge is 0.486 e. The van der Waals surface area contributed by atoms with Gasteiger partial charge in [-0.1, -0.05) is 48.5 Å². The Bertz CT molecular complexity index is 2130. The predicted octanol–water partition coefficient (Wildman–Crippen LogP) is 3.45. The molecule has 2 N–H and O–H groups in total. The first kappa shape index (κ1) is 30.6. The number of hydrogen-bond donors (Lipinski definition) is 2. The zero-order chi connectivity index (χ0) is 33.4. The molecule has 3 amide bonds. The molecule has 1 saturated heterocycles. The molecule has 2 atom stereocenters. The Labute approximate surface area is 273 Å². The first-order valence-corrected chi connectivity index (χ1v) is 15.3. The Morgan fingerprint density at radius 2 is 1.65 bits per heavy atom.